The molecule has 0 amide bonds. The van der Waals surface area contributed by atoms with E-state index < -0.39 is 0 Å². The molecule has 0 heterocycles. The van der Waals surface area contributed by atoms with Gasteiger partial charge in [-0.1, -0.05) is 0 Å². The summed E-state index contributed by atoms with van der Waals surface area (Å²) in [6, 6.07) is 0. The van der Waals surface area contributed by atoms with Crippen molar-refractivity contribution in [2.24, 2.45) is 22.9 Å². The Bertz CT molecular complexity index is 57.2. The molecule has 128 valence electrons. The molecule has 14 N–H and O–H groups in total. The van der Waals surface area contributed by atoms with E-state index in [1.807, 2.05) is 0 Å². The number of hydrogen-bond acceptors (Lipinski definition) is 10. The molecule has 0 unspecified atom stereocenters. The van der Waals surface area contributed by atoms with Gasteiger partial charge in [-0.15, -0.1) is 0 Å². The van der Waals surface area contributed by atoms with Gasteiger partial charge in [0.2, 0.25) is 0 Å². The molecule has 0 aromatic rings. The third-order valence-corrected chi connectivity index (χ3v) is 0.516. The van der Waals surface area contributed by atoms with Crippen LogP contribution in [0.1, 0.15) is 0 Å². The predicted molar refractivity (Wildman–Crippen MR) is 68.4 cm³/mol. The first-order valence-corrected chi connectivity index (χ1v) is 4.90. The molecule has 0 aliphatic rings. The SMILES string of the molecule is NCCO.NCCO.NCCO.NCCO.[OH-].[OH-].[Pt+2]. The van der Waals surface area contributed by atoms with Crippen LogP contribution in [0.15, 0.2) is 0 Å². The van der Waals surface area contributed by atoms with E-state index >= 15 is 0 Å². The Morgan fingerprint density at radius 3 is 0.526 bits per heavy atom. The number of nitrogens with two attached hydrogens (primary N) is 4. The predicted octanol–water partition coefficient (Wildman–Crippen LogP) is -4.61. The van der Waals surface area contributed by atoms with Crippen LogP contribution in [0.25, 0.3) is 0 Å². The number of aliphatic hydroxyl groups is 4. The molecule has 11 heteroatoms. The summed E-state index contributed by atoms with van der Waals surface area (Å²) in [4.78, 5) is 0. The van der Waals surface area contributed by atoms with Gasteiger partial charge in [0.1, 0.15) is 0 Å². The Balaban J connectivity index is -0.0000000192. The van der Waals surface area contributed by atoms with Gasteiger partial charge in [0.15, 0.2) is 0 Å². The zero-order valence-corrected chi connectivity index (χ0v) is 13.2. The molecule has 10 nitrogen and oxygen atoms in total. The van der Waals surface area contributed by atoms with Gasteiger partial charge in [0.05, 0.1) is 26.4 Å². The van der Waals surface area contributed by atoms with Crippen molar-refractivity contribution in [3.63, 3.8) is 0 Å². The first-order chi connectivity index (χ1) is 7.66. The van der Waals surface area contributed by atoms with E-state index in [4.69, 9.17) is 43.4 Å². The number of hydrogen-bond donors (Lipinski definition) is 8. The van der Waals surface area contributed by atoms with Gasteiger partial charge in [-0.3, -0.25) is 0 Å². The van der Waals surface area contributed by atoms with E-state index in [9.17, 15) is 0 Å². The van der Waals surface area contributed by atoms with Gasteiger partial charge in [-0.2, -0.15) is 0 Å². The fraction of sp³-hybridized carbons (Fsp3) is 1.00. The standard InChI is InChI=1S/4C2H7NO.2H2O.Pt/c4*3-1-2-4;;;/h4*4H,1-3H2;2*1H2;/q;;;;;;+2/p-2. The van der Waals surface area contributed by atoms with Crippen molar-refractivity contribution in [2.75, 3.05) is 52.6 Å². The third kappa shape index (κ3) is 264. The van der Waals surface area contributed by atoms with Gasteiger partial charge in [0.25, 0.3) is 0 Å². The quantitative estimate of drug-likeness (QED) is 0.194. The number of rotatable bonds is 4. The first-order valence-electron chi connectivity index (χ1n) is 4.90. The summed E-state index contributed by atoms with van der Waals surface area (Å²) in [5.41, 5.74) is 19.1. The molecule has 0 radical (unpaired) electrons. The largest absolute Gasteiger partial charge is 2.00 e. The van der Waals surface area contributed by atoms with Crippen molar-refractivity contribution >= 4 is 0 Å². The van der Waals surface area contributed by atoms with Gasteiger partial charge >= 0.3 is 21.1 Å². The third-order valence-electron chi connectivity index (χ3n) is 0.516. The van der Waals surface area contributed by atoms with Crippen molar-refractivity contribution in [3.8, 4) is 0 Å². The summed E-state index contributed by atoms with van der Waals surface area (Å²) >= 11 is 0. The normalized spacial score (nSPS) is 6.32. The zero-order chi connectivity index (χ0) is 13.7. The summed E-state index contributed by atoms with van der Waals surface area (Å²) in [7, 11) is 0. The van der Waals surface area contributed by atoms with Crippen molar-refractivity contribution in [3.05, 3.63) is 0 Å². The molecule has 0 aliphatic heterocycles. The Morgan fingerprint density at radius 2 is 0.526 bits per heavy atom. The van der Waals surface area contributed by atoms with Crippen LogP contribution in [0.5, 0.6) is 0 Å². The molecular formula is C8H30N4O6Pt. The molecule has 0 spiro atoms. The minimum Gasteiger partial charge on any atom is -0.870 e. The van der Waals surface area contributed by atoms with Crippen LogP contribution in [0, 0.1) is 0 Å². The van der Waals surface area contributed by atoms with Crippen LogP contribution in [-0.4, -0.2) is 84.0 Å². The van der Waals surface area contributed by atoms with Gasteiger partial charge < -0.3 is 54.3 Å². The van der Waals surface area contributed by atoms with Crippen molar-refractivity contribution < 1.29 is 52.4 Å². The van der Waals surface area contributed by atoms with Crippen LogP contribution in [-0.2, 0) is 21.1 Å². The fourth-order valence-corrected chi connectivity index (χ4v) is 0. The van der Waals surface area contributed by atoms with E-state index in [1.54, 1.807) is 0 Å². The molecule has 0 saturated carbocycles. The Kier molecular flexibility index (Phi) is 179. The summed E-state index contributed by atoms with van der Waals surface area (Å²) in [5, 5.41) is 31.0. The van der Waals surface area contributed by atoms with E-state index in [1.165, 1.54) is 0 Å². The maximum Gasteiger partial charge on any atom is 2.00 e. The maximum absolute atomic E-state index is 7.75. The van der Waals surface area contributed by atoms with Crippen LogP contribution >= 0.6 is 0 Å². The van der Waals surface area contributed by atoms with E-state index in [0.717, 1.165) is 0 Å². The monoisotopic (exact) mass is 473 g/mol. The van der Waals surface area contributed by atoms with Crippen LogP contribution in [0.4, 0.5) is 0 Å². The summed E-state index contributed by atoms with van der Waals surface area (Å²) in [5.74, 6) is 0. The van der Waals surface area contributed by atoms with Crippen molar-refractivity contribution in [1.29, 1.82) is 0 Å². The molecule has 0 rings (SSSR count). The topological polar surface area (TPSA) is 245 Å². The van der Waals surface area contributed by atoms with E-state index in [-0.39, 0.29) is 58.4 Å². The van der Waals surface area contributed by atoms with Gasteiger partial charge in [0, 0.05) is 26.2 Å². The second-order valence-corrected chi connectivity index (χ2v) is 2.05. The molecule has 0 aliphatic carbocycles. The first kappa shape index (κ1) is 42.7. The zero-order valence-electron chi connectivity index (χ0n) is 11.0. The maximum atomic E-state index is 7.75. The van der Waals surface area contributed by atoms with Crippen molar-refractivity contribution in [1.82, 2.24) is 0 Å². The van der Waals surface area contributed by atoms with Gasteiger partial charge in [-0.05, 0) is 0 Å². The molecule has 0 atom stereocenters. The summed E-state index contributed by atoms with van der Waals surface area (Å²) in [6.45, 7) is 1.89. The summed E-state index contributed by atoms with van der Waals surface area (Å²) in [6.07, 6.45) is 0. The Labute approximate surface area is 128 Å². The van der Waals surface area contributed by atoms with E-state index in [2.05, 4.69) is 0 Å². The minimum absolute atomic E-state index is 0. The minimum atomic E-state index is 0. The molecule has 19 heavy (non-hydrogen) atoms. The van der Waals surface area contributed by atoms with Crippen LogP contribution in [0.2, 0.25) is 0 Å². The average Bonchev–Trinajstić information content (AvgIpc) is 2.39. The van der Waals surface area contributed by atoms with Crippen LogP contribution in [0.3, 0.4) is 0 Å². The molecule has 0 aromatic heterocycles. The molecule has 0 saturated heterocycles. The molecular weight excluding hydrogens is 443 g/mol. The summed E-state index contributed by atoms with van der Waals surface area (Å²) < 4.78 is 0. The van der Waals surface area contributed by atoms with E-state index in [0.29, 0.717) is 26.2 Å². The fourth-order valence-electron chi connectivity index (χ4n) is 0. The average molecular weight is 473 g/mol. The molecule has 0 fully saturated rings. The van der Waals surface area contributed by atoms with Crippen LogP contribution < -0.4 is 22.9 Å². The molecule has 0 aromatic carbocycles. The Hall–Kier alpha value is 0.288. The smallest absolute Gasteiger partial charge is 0.870 e. The second-order valence-electron chi connectivity index (χ2n) is 2.05. The van der Waals surface area contributed by atoms with Gasteiger partial charge in [-0.25, -0.2) is 0 Å². The van der Waals surface area contributed by atoms with Crippen molar-refractivity contribution in [2.45, 2.75) is 0 Å². The Morgan fingerprint density at radius 1 is 0.474 bits per heavy atom. The second kappa shape index (κ2) is 79.6. The number of aliphatic hydroxyl groups excluding tert-OH is 4. The molecule has 0 bridgehead atoms.